The molecule has 0 saturated heterocycles. The molecule has 0 aliphatic rings. The number of aromatic nitrogens is 2. The Hall–Kier alpha value is -2.17. The molecule has 1 aromatic carbocycles. The zero-order chi connectivity index (χ0) is 13.8. The molecule has 0 atom stereocenters. The van der Waals surface area contributed by atoms with Crippen molar-refractivity contribution in [3.05, 3.63) is 47.2 Å². The zero-order valence-corrected chi connectivity index (χ0v) is 11.3. The van der Waals surface area contributed by atoms with Crippen LogP contribution in [-0.4, -0.2) is 16.1 Å². The Morgan fingerprint density at radius 2 is 2.16 bits per heavy atom. The van der Waals surface area contributed by atoms with E-state index in [-0.39, 0.29) is 17.7 Å². The molecule has 1 amide bonds. The van der Waals surface area contributed by atoms with E-state index in [9.17, 15) is 4.79 Å². The van der Waals surface area contributed by atoms with Gasteiger partial charge < -0.3 is 9.73 Å². The van der Waals surface area contributed by atoms with Crippen molar-refractivity contribution < 1.29 is 9.21 Å². The van der Waals surface area contributed by atoms with Gasteiger partial charge >= 0.3 is 11.8 Å². The van der Waals surface area contributed by atoms with E-state index in [2.05, 4.69) is 15.5 Å². The SMILES string of the molecule is Cc1cccc(CNC(=O)c2nnc(C(C)C)o2)c1. The van der Waals surface area contributed by atoms with Gasteiger partial charge in [-0.3, -0.25) is 4.79 Å². The van der Waals surface area contributed by atoms with E-state index in [1.807, 2.05) is 45.0 Å². The Labute approximate surface area is 112 Å². The second kappa shape index (κ2) is 5.65. The maximum Gasteiger partial charge on any atom is 0.309 e. The third kappa shape index (κ3) is 3.40. The van der Waals surface area contributed by atoms with Crippen LogP contribution in [0.25, 0.3) is 0 Å². The molecule has 0 radical (unpaired) electrons. The van der Waals surface area contributed by atoms with Crippen LogP contribution in [0.1, 0.15) is 47.5 Å². The van der Waals surface area contributed by atoms with Gasteiger partial charge in [-0.1, -0.05) is 43.7 Å². The number of nitrogens with one attached hydrogen (secondary N) is 1. The molecule has 2 aromatic rings. The van der Waals surface area contributed by atoms with Crippen molar-refractivity contribution in [3.63, 3.8) is 0 Å². The first-order valence-electron chi connectivity index (χ1n) is 6.23. The van der Waals surface area contributed by atoms with E-state index in [4.69, 9.17) is 4.42 Å². The lowest BCUT2D eigenvalue weighted by Gasteiger charge is -2.03. The number of rotatable bonds is 4. The highest BCUT2D eigenvalue weighted by molar-refractivity contribution is 5.89. The summed E-state index contributed by atoms with van der Waals surface area (Å²) in [5.74, 6) is 0.254. The molecule has 0 bridgehead atoms. The van der Waals surface area contributed by atoms with Gasteiger partial charge in [0.1, 0.15) is 0 Å². The Bertz CT molecular complexity index is 576. The lowest BCUT2D eigenvalue weighted by molar-refractivity contribution is 0.0914. The van der Waals surface area contributed by atoms with Crippen molar-refractivity contribution in [3.8, 4) is 0 Å². The third-order valence-corrected chi connectivity index (χ3v) is 2.66. The van der Waals surface area contributed by atoms with Gasteiger partial charge in [-0.05, 0) is 12.5 Å². The number of nitrogens with zero attached hydrogens (tertiary/aromatic N) is 2. The lowest BCUT2D eigenvalue weighted by atomic mass is 10.1. The third-order valence-electron chi connectivity index (χ3n) is 2.66. The summed E-state index contributed by atoms with van der Waals surface area (Å²) in [6.45, 7) is 6.32. The first kappa shape index (κ1) is 13.3. The molecular weight excluding hydrogens is 242 g/mol. The van der Waals surface area contributed by atoms with Crippen LogP contribution in [0.3, 0.4) is 0 Å². The second-order valence-electron chi connectivity index (χ2n) is 4.77. The highest BCUT2D eigenvalue weighted by Crippen LogP contribution is 2.12. The molecule has 19 heavy (non-hydrogen) atoms. The molecule has 0 spiro atoms. The maximum atomic E-state index is 11.8. The molecule has 100 valence electrons. The van der Waals surface area contributed by atoms with Gasteiger partial charge in [0.25, 0.3) is 0 Å². The van der Waals surface area contributed by atoms with Crippen molar-refractivity contribution in [1.29, 1.82) is 0 Å². The van der Waals surface area contributed by atoms with Gasteiger partial charge in [0, 0.05) is 12.5 Å². The molecule has 0 saturated carbocycles. The Morgan fingerprint density at radius 1 is 1.37 bits per heavy atom. The molecule has 0 aliphatic carbocycles. The predicted octanol–water partition coefficient (Wildman–Crippen LogP) is 2.43. The molecule has 1 N–H and O–H groups in total. The average molecular weight is 259 g/mol. The van der Waals surface area contributed by atoms with Gasteiger partial charge in [0.05, 0.1) is 0 Å². The molecule has 0 fully saturated rings. The molecule has 2 rings (SSSR count). The van der Waals surface area contributed by atoms with E-state index >= 15 is 0 Å². The van der Waals surface area contributed by atoms with Crippen LogP contribution in [0.2, 0.25) is 0 Å². The highest BCUT2D eigenvalue weighted by atomic mass is 16.4. The van der Waals surface area contributed by atoms with Gasteiger partial charge in [0.15, 0.2) is 0 Å². The molecule has 5 nitrogen and oxygen atoms in total. The summed E-state index contributed by atoms with van der Waals surface area (Å²) in [5.41, 5.74) is 2.20. The van der Waals surface area contributed by atoms with Crippen LogP contribution in [0.15, 0.2) is 28.7 Å². The first-order valence-corrected chi connectivity index (χ1v) is 6.23. The Morgan fingerprint density at radius 3 is 2.79 bits per heavy atom. The molecule has 1 heterocycles. The molecule has 0 unspecified atom stereocenters. The minimum atomic E-state index is -0.346. The summed E-state index contributed by atoms with van der Waals surface area (Å²) < 4.78 is 5.28. The van der Waals surface area contributed by atoms with Crippen LogP contribution in [0.5, 0.6) is 0 Å². The van der Waals surface area contributed by atoms with Crippen LogP contribution in [0.4, 0.5) is 0 Å². The van der Waals surface area contributed by atoms with Gasteiger partial charge in [-0.25, -0.2) is 0 Å². The zero-order valence-electron chi connectivity index (χ0n) is 11.3. The Kier molecular flexibility index (Phi) is 3.94. The molecule has 0 aliphatic heterocycles. The van der Waals surface area contributed by atoms with Crippen LogP contribution < -0.4 is 5.32 Å². The number of hydrogen-bond acceptors (Lipinski definition) is 4. The normalized spacial score (nSPS) is 10.7. The largest absolute Gasteiger partial charge is 0.417 e. The van der Waals surface area contributed by atoms with Crippen molar-refractivity contribution in [1.82, 2.24) is 15.5 Å². The monoisotopic (exact) mass is 259 g/mol. The Balaban J connectivity index is 1.97. The van der Waals surface area contributed by atoms with E-state index in [1.54, 1.807) is 0 Å². The summed E-state index contributed by atoms with van der Waals surface area (Å²) in [6, 6.07) is 7.95. The number of amides is 1. The van der Waals surface area contributed by atoms with E-state index in [0.717, 1.165) is 11.1 Å². The lowest BCUT2D eigenvalue weighted by Crippen LogP contribution is -2.23. The van der Waals surface area contributed by atoms with Crippen molar-refractivity contribution >= 4 is 5.91 Å². The van der Waals surface area contributed by atoms with Gasteiger partial charge in [-0.2, -0.15) is 0 Å². The van der Waals surface area contributed by atoms with Crippen LogP contribution >= 0.6 is 0 Å². The molecule has 1 aromatic heterocycles. The van der Waals surface area contributed by atoms with E-state index < -0.39 is 0 Å². The van der Waals surface area contributed by atoms with Crippen molar-refractivity contribution in [2.45, 2.75) is 33.2 Å². The van der Waals surface area contributed by atoms with Gasteiger partial charge in [-0.15, -0.1) is 10.2 Å². The number of carbonyl (C=O) groups excluding carboxylic acids is 1. The van der Waals surface area contributed by atoms with Crippen LogP contribution in [-0.2, 0) is 6.54 Å². The summed E-state index contributed by atoms with van der Waals surface area (Å²) in [7, 11) is 0. The molecule has 5 heteroatoms. The fraction of sp³-hybridized carbons (Fsp3) is 0.357. The maximum absolute atomic E-state index is 11.8. The number of benzene rings is 1. The molecular formula is C14H17N3O2. The highest BCUT2D eigenvalue weighted by Gasteiger charge is 2.15. The summed E-state index contributed by atoms with van der Waals surface area (Å²) in [5, 5.41) is 10.3. The first-order chi connectivity index (χ1) is 9.06. The summed E-state index contributed by atoms with van der Waals surface area (Å²) in [6.07, 6.45) is 0. The standard InChI is InChI=1S/C14H17N3O2/c1-9(2)13-16-17-14(19-13)12(18)15-8-11-6-4-5-10(3)7-11/h4-7,9H,8H2,1-3H3,(H,15,18). The number of carbonyl (C=O) groups is 1. The summed E-state index contributed by atoms with van der Waals surface area (Å²) >= 11 is 0. The average Bonchev–Trinajstić information content (AvgIpc) is 2.86. The predicted molar refractivity (Wildman–Crippen MR) is 70.7 cm³/mol. The second-order valence-corrected chi connectivity index (χ2v) is 4.77. The smallest absolute Gasteiger partial charge is 0.309 e. The number of hydrogen-bond donors (Lipinski definition) is 1. The topological polar surface area (TPSA) is 68.0 Å². The minimum Gasteiger partial charge on any atom is -0.417 e. The van der Waals surface area contributed by atoms with Crippen molar-refractivity contribution in [2.24, 2.45) is 0 Å². The summed E-state index contributed by atoms with van der Waals surface area (Å²) in [4.78, 5) is 11.8. The quantitative estimate of drug-likeness (QED) is 0.915. The van der Waals surface area contributed by atoms with E-state index in [1.165, 1.54) is 0 Å². The fourth-order valence-electron chi connectivity index (χ4n) is 1.64. The van der Waals surface area contributed by atoms with E-state index in [0.29, 0.717) is 12.4 Å². The fourth-order valence-corrected chi connectivity index (χ4v) is 1.64. The van der Waals surface area contributed by atoms with Crippen LogP contribution in [0, 0.1) is 6.92 Å². The minimum absolute atomic E-state index is 0.0105. The van der Waals surface area contributed by atoms with Crippen molar-refractivity contribution in [2.75, 3.05) is 0 Å². The number of aryl methyl sites for hydroxylation is 1. The van der Waals surface area contributed by atoms with Gasteiger partial charge in [0.2, 0.25) is 5.89 Å².